The molecule has 4 aromatic carbocycles. The summed E-state index contributed by atoms with van der Waals surface area (Å²) in [5, 5.41) is 6.46. The van der Waals surface area contributed by atoms with Gasteiger partial charge in [-0.05, 0) is 88.0 Å². The Morgan fingerprint density at radius 2 is 0.456 bits per heavy atom. The van der Waals surface area contributed by atoms with Gasteiger partial charge in [-0.1, -0.05) is 156 Å². The van der Waals surface area contributed by atoms with Crippen molar-refractivity contribution >= 4 is 32.3 Å². The molecule has 0 aliphatic rings. The molecule has 0 radical (unpaired) electrons. The van der Waals surface area contributed by atoms with Crippen LogP contribution in [0.3, 0.4) is 0 Å². The minimum absolute atomic E-state index is 0.663. The number of hydrogen-bond acceptors (Lipinski definition) is 6. The molecule has 318 valence electrons. The van der Waals surface area contributed by atoms with Crippen molar-refractivity contribution in [2.45, 2.75) is 175 Å². The predicted molar refractivity (Wildman–Crippen MR) is 243 cm³/mol. The van der Waals surface area contributed by atoms with Gasteiger partial charge in [-0.25, -0.2) is 0 Å². The highest BCUT2D eigenvalue weighted by molar-refractivity contribution is 6.26. The van der Waals surface area contributed by atoms with Gasteiger partial charge >= 0.3 is 0 Å². The summed E-state index contributed by atoms with van der Waals surface area (Å²) in [4.78, 5) is 0. The van der Waals surface area contributed by atoms with Crippen molar-refractivity contribution in [2.75, 3.05) is 41.2 Å². The van der Waals surface area contributed by atoms with Gasteiger partial charge in [-0.2, -0.15) is 0 Å². The van der Waals surface area contributed by atoms with E-state index in [1.165, 1.54) is 135 Å². The molecule has 0 saturated heterocycles. The molecule has 0 amide bonds. The number of methoxy groups -OCH3 is 3. The van der Waals surface area contributed by atoms with E-state index in [0.717, 1.165) is 86.1 Å². The normalized spacial score (nSPS) is 11.5. The Bertz CT molecular complexity index is 1480. The summed E-state index contributed by atoms with van der Waals surface area (Å²) in [6.45, 7) is 8.80. The zero-order valence-corrected chi connectivity index (χ0v) is 37.0. The Hall–Kier alpha value is -3.54. The summed E-state index contributed by atoms with van der Waals surface area (Å²) in [5.74, 6) is 4.50. The average molecular weight is 787 g/mol. The Labute approximate surface area is 346 Å². The van der Waals surface area contributed by atoms with Crippen LogP contribution in [0.25, 0.3) is 32.3 Å². The SMILES string of the molecule is CCCCCCCCCCOc1cc2c(cc1OC)c1cc(OCCCCCCCCCC)c(OC)cc1c1cc(OCCCCCCCCCC)c(OC)cc21. The number of ether oxygens (including phenoxy) is 6. The largest absolute Gasteiger partial charge is 0.493 e. The van der Waals surface area contributed by atoms with Crippen molar-refractivity contribution in [3.05, 3.63) is 36.4 Å². The quantitative estimate of drug-likeness (QED) is 0.0354. The summed E-state index contributed by atoms with van der Waals surface area (Å²) in [6.07, 6.45) is 30.3. The zero-order valence-electron chi connectivity index (χ0n) is 37.0. The lowest BCUT2D eigenvalue weighted by molar-refractivity contribution is 0.285. The van der Waals surface area contributed by atoms with Gasteiger partial charge in [0.2, 0.25) is 0 Å². The van der Waals surface area contributed by atoms with E-state index in [1.54, 1.807) is 21.3 Å². The second kappa shape index (κ2) is 27.2. The minimum atomic E-state index is 0.663. The molecule has 4 rings (SSSR count). The van der Waals surface area contributed by atoms with Gasteiger partial charge in [0.15, 0.2) is 34.5 Å². The van der Waals surface area contributed by atoms with E-state index < -0.39 is 0 Å². The second-order valence-electron chi connectivity index (χ2n) is 16.1. The van der Waals surface area contributed by atoms with Crippen LogP contribution in [0.4, 0.5) is 0 Å². The van der Waals surface area contributed by atoms with Crippen LogP contribution in [-0.2, 0) is 0 Å². The van der Waals surface area contributed by atoms with Crippen LogP contribution in [0.15, 0.2) is 36.4 Å². The van der Waals surface area contributed by atoms with E-state index in [0.29, 0.717) is 19.8 Å². The minimum Gasteiger partial charge on any atom is -0.493 e. The topological polar surface area (TPSA) is 55.4 Å². The molecule has 57 heavy (non-hydrogen) atoms. The van der Waals surface area contributed by atoms with Crippen molar-refractivity contribution < 1.29 is 28.4 Å². The molecule has 6 nitrogen and oxygen atoms in total. The van der Waals surface area contributed by atoms with Gasteiger partial charge in [-0.15, -0.1) is 0 Å². The lowest BCUT2D eigenvalue weighted by atomic mass is 9.93. The number of rotatable bonds is 33. The van der Waals surface area contributed by atoms with E-state index in [-0.39, 0.29) is 0 Å². The maximum atomic E-state index is 6.48. The molecule has 0 aromatic heterocycles. The van der Waals surface area contributed by atoms with Gasteiger partial charge in [-0.3, -0.25) is 0 Å². The molecule has 0 N–H and O–H groups in total. The first kappa shape index (κ1) is 46.2. The predicted octanol–water partition coefficient (Wildman–Crippen LogP) is 15.7. The van der Waals surface area contributed by atoms with Crippen LogP contribution in [0.5, 0.6) is 34.5 Å². The van der Waals surface area contributed by atoms with Crippen LogP contribution in [0.2, 0.25) is 0 Å². The molecule has 0 spiro atoms. The molecule has 0 saturated carbocycles. The fourth-order valence-electron chi connectivity index (χ4n) is 8.09. The number of benzene rings is 4. The van der Waals surface area contributed by atoms with Gasteiger partial charge < -0.3 is 28.4 Å². The third-order valence-corrected chi connectivity index (χ3v) is 11.5. The number of unbranched alkanes of at least 4 members (excludes halogenated alkanes) is 21. The fraction of sp³-hybridized carbons (Fsp3) is 0.647. The smallest absolute Gasteiger partial charge is 0.161 e. The molecular formula is C51H78O6. The summed E-state index contributed by atoms with van der Waals surface area (Å²) in [6, 6.07) is 12.9. The van der Waals surface area contributed by atoms with Crippen LogP contribution >= 0.6 is 0 Å². The second-order valence-corrected chi connectivity index (χ2v) is 16.1. The summed E-state index contributed by atoms with van der Waals surface area (Å²) in [5.41, 5.74) is 0. The molecule has 0 atom stereocenters. The fourth-order valence-corrected chi connectivity index (χ4v) is 8.09. The third kappa shape index (κ3) is 14.7. The van der Waals surface area contributed by atoms with Gasteiger partial charge in [0.05, 0.1) is 41.2 Å². The maximum Gasteiger partial charge on any atom is 0.161 e. The Morgan fingerprint density at radius 3 is 0.667 bits per heavy atom. The Balaban J connectivity index is 1.63. The Kier molecular flexibility index (Phi) is 22.0. The van der Waals surface area contributed by atoms with E-state index in [1.807, 2.05) is 0 Å². The maximum absolute atomic E-state index is 6.48. The summed E-state index contributed by atoms with van der Waals surface area (Å²) < 4.78 is 37.4. The Morgan fingerprint density at radius 1 is 0.263 bits per heavy atom. The average Bonchev–Trinajstić information content (AvgIpc) is 3.23. The van der Waals surface area contributed by atoms with Crippen molar-refractivity contribution in [1.29, 1.82) is 0 Å². The zero-order chi connectivity index (χ0) is 40.5. The van der Waals surface area contributed by atoms with Crippen molar-refractivity contribution in [3.8, 4) is 34.5 Å². The van der Waals surface area contributed by atoms with Crippen molar-refractivity contribution in [1.82, 2.24) is 0 Å². The lowest BCUT2D eigenvalue weighted by Crippen LogP contribution is -2.02. The highest BCUT2D eigenvalue weighted by atomic mass is 16.5. The van der Waals surface area contributed by atoms with E-state index in [4.69, 9.17) is 28.4 Å². The van der Waals surface area contributed by atoms with Gasteiger partial charge in [0.25, 0.3) is 0 Å². The van der Waals surface area contributed by atoms with E-state index in [9.17, 15) is 0 Å². The van der Waals surface area contributed by atoms with Gasteiger partial charge in [0, 0.05) is 0 Å². The molecule has 0 aliphatic carbocycles. The summed E-state index contributed by atoms with van der Waals surface area (Å²) >= 11 is 0. The molecule has 6 heteroatoms. The molecule has 4 aromatic rings. The first-order chi connectivity index (χ1) is 28.1. The van der Waals surface area contributed by atoms with Crippen molar-refractivity contribution in [3.63, 3.8) is 0 Å². The highest BCUT2D eigenvalue weighted by Gasteiger charge is 2.20. The van der Waals surface area contributed by atoms with Crippen LogP contribution < -0.4 is 28.4 Å². The molecule has 0 unspecified atom stereocenters. The van der Waals surface area contributed by atoms with Crippen LogP contribution in [-0.4, -0.2) is 41.2 Å². The molecule has 0 bridgehead atoms. The van der Waals surface area contributed by atoms with E-state index in [2.05, 4.69) is 57.2 Å². The van der Waals surface area contributed by atoms with E-state index >= 15 is 0 Å². The van der Waals surface area contributed by atoms with Crippen LogP contribution in [0.1, 0.15) is 175 Å². The van der Waals surface area contributed by atoms with Crippen molar-refractivity contribution in [2.24, 2.45) is 0 Å². The molecule has 0 heterocycles. The number of hydrogen-bond donors (Lipinski definition) is 0. The number of fused-ring (bicyclic) bond motifs is 6. The van der Waals surface area contributed by atoms with Gasteiger partial charge in [0.1, 0.15) is 0 Å². The lowest BCUT2D eigenvalue weighted by Gasteiger charge is -2.19. The molecule has 0 aliphatic heterocycles. The first-order valence-corrected chi connectivity index (χ1v) is 23.2. The molecule has 0 fully saturated rings. The van der Waals surface area contributed by atoms with Crippen LogP contribution in [0, 0.1) is 0 Å². The standard InChI is InChI=1S/C51H78O6/c1-7-10-13-16-19-22-25-28-31-55-49-37-43-40(34-46(49)52-4)44-38-50(56-32-29-26-23-20-17-14-11-8-2)48(54-6)36-42(44)45-39-51(47(53-5)35-41(43)45)57-33-30-27-24-21-18-15-12-9-3/h34-39H,7-33H2,1-6H3. The third-order valence-electron chi connectivity index (χ3n) is 11.5. The molecular weight excluding hydrogens is 709 g/mol. The monoisotopic (exact) mass is 787 g/mol. The summed E-state index contributed by atoms with van der Waals surface area (Å²) in [7, 11) is 5.19. The first-order valence-electron chi connectivity index (χ1n) is 23.2. The highest BCUT2D eigenvalue weighted by Crippen LogP contribution is 2.47.